The third-order valence-electron chi connectivity index (χ3n) is 9.03. The van der Waals surface area contributed by atoms with Crippen LogP contribution in [0.4, 0.5) is 28.9 Å². The number of aryl methyl sites for hydroxylation is 1. The number of hydrogen-bond acceptors (Lipinski definition) is 5. The van der Waals surface area contributed by atoms with Gasteiger partial charge in [0.05, 0.1) is 16.1 Å². The number of nitrogens with zero attached hydrogens (tertiary/aromatic N) is 4. The van der Waals surface area contributed by atoms with Crippen LogP contribution in [0.15, 0.2) is 77.8 Å². The Bertz CT molecular complexity index is 2220. The topological polar surface area (TPSA) is 98.1 Å². The van der Waals surface area contributed by atoms with Crippen LogP contribution in [0.2, 0.25) is 0 Å². The second-order valence-electron chi connectivity index (χ2n) is 12.3. The molecule has 0 unspecified atom stereocenters. The molecule has 2 aliphatic rings. The predicted molar refractivity (Wildman–Crippen MR) is 191 cm³/mol. The van der Waals surface area contributed by atoms with Gasteiger partial charge in [0.25, 0.3) is 5.91 Å². The molecule has 4 aromatic heterocycles. The second-order valence-corrected chi connectivity index (χ2v) is 13.2. The Labute approximate surface area is 295 Å². The van der Waals surface area contributed by atoms with Gasteiger partial charge >= 0.3 is 7.40 Å². The van der Waals surface area contributed by atoms with Crippen molar-refractivity contribution in [2.45, 2.75) is 25.7 Å². The van der Waals surface area contributed by atoms with Crippen molar-refractivity contribution in [3.8, 4) is 10.6 Å². The average Bonchev–Trinajstić information content (AvgIpc) is 3.93. The molecule has 15 heteroatoms. The number of pyridine rings is 1. The maximum atomic E-state index is 14.1. The molecule has 0 atom stereocenters. The third kappa shape index (κ3) is 7.11. The number of aromatic amines is 1. The van der Waals surface area contributed by atoms with Gasteiger partial charge in [0.1, 0.15) is 11.5 Å². The first-order chi connectivity index (χ1) is 24.7. The highest BCUT2D eigenvalue weighted by atomic mass is 32.1. The van der Waals surface area contributed by atoms with Crippen molar-refractivity contribution in [1.82, 2.24) is 24.8 Å². The standard InChI is InChI=1S/C36H32BF4N7O2S/c1-46-30-15-18-47(36(50)34(30)26-10-13-32(45-35(26)46)44-23-5-11-27(38)28(39)21-23)17-3-16-42-33(49)14-9-24-7-8-25(48(24)37(40)41)20-22-6-12-29(43-22)31-4-2-19-51-31/h2,4-8,10-13,19-21H,3,9,14-18H2,1H3,(H2,42,44,45,49)/p+1. The number of H-pyrrole nitrogens is 1. The van der Waals surface area contributed by atoms with E-state index in [-0.39, 0.29) is 24.7 Å². The maximum absolute atomic E-state index is 14.1. The number of rotatable bonds is 12. The number of aromatic nitrogens is 3. The number of carbonyl (C=O) groups is 2. The average molecular weight is 715 g/mol. The molecule has 0 fully saturated rings. The summed E-state index contributed by atoms with van der Waals surface area (Å²) >= 11 is 1.59. The van der Waals surface area contributed by atoms with Crippen molar-refractivity contribution < 1.29 is 31.5 Å². The molecule has 9 nitrogen and oxygen atoms in total. The Kier molecular flexibility index (Phi) is 9.63. The largest absolute Gasteiger partial charge is 0.934 e. The van der Waals surface area contributed by atoms with Crippen molar-refractivity contribution in [3.63, 3.8) is 0 Å². The van der Waals surface area contributed by atoms with E-state index in [2.05, 4.69) is 20.6 Å². The summed E-state index contributed by atoms with van der Waals surface area (Å²) in [6.45, 7) is 1.27. The van der Waals surface area contributed by atoms with E-state index in [0.717, 1.165) is 32.9 Å². The summed E-state index contributed by atoms with van der Waals surface area (Å²) < 4.78 is 58.1. The lowest BCUT2D eigenvalue weighted by molar-refractivity contribution is -0.342. The fourth-order valence-electron chi connectivity index (χ4n) is 6.51. The van der Waals surface area contributed by atoms with E-state index in [4.69, 9.17) is 0 Å². The molecule has 0 spiro atoms. The summed E-state index contributed by atoms with van der Waals surface area (Å²) in [5, 5.41) is 8.49. The molecule has 5 aromatic rings. The van der Waals surface area contributed by atoms with Crippen molar-refractivity contribution in [2.24, 2.45) is 7.05 Å². The van der Waals surface area contributed by atoms with Crippen molar-refractivity contribution in [3.05, 3.63) is 106 Å². The molecule has 1 aromatic carbocycles. The summed E-state index contributed by atoms with van der Waals surface area (Å²) in [5.74, 6) is -1.87. The number of allylic oxidation sites excluding steroid dienone is 2. The van der Waals surface area contributed by atoms with E-state index >= 15 is 0 Å². The Morgan fingerprint density at radius 1 is 1.12 bits per heavy atom. The summed E-state index contributed by atoms with van der Waals surface area (Å²) in [5.41, 5.74) is 4.69. The highest BCUT2D eigenvalue weighted by Gasteiger charge is 2.41. The molecule has 2 aliphatic heterocycles. The van der Waals surface area contributed by atoms with Gasteiger partial charge in [0, 0.05) is 92.7 Å². The summed E-state index contributed by atoms with van der Waals surface area (Å²) in [4.78, 5) is 36.9. The van der Waals surface area contributed by atoms with Gasteiger partial charge in [-0.1, -0.05) is 6.07 Å². The fourth-order valence-corrected chi connectivity index (χ4v) is 7.22. The predicted octanol–water partition coefficient (Wildman–Crippen LogP) is 6.92. The molecule has 0 aliphatic carbocycles. The second kappa shape index (κ2) is 14.4. The highest BCUT2D eigenvalue weighted by Crippen LogP contribution is 2.31. The van der Waals surface area contributed by atoms with Gasteiger partial charge in [-0.05, 0) is 54.3 Å². The van der Waals surface area contributed by atoms with E-state index in [1.165, 1.54) is 6.07 Å². The van der Waals surface area contributed by atoms with Gasteiger partial charge in [-0.2, -0.15) is 0 Å². The van der Waals surface area contributed by atoms with Crippen LogP contribution in [-0.4, -0.2) is 68.5 Å². The van der Waals surface area contributed by atoms with Crippen LogP contribution in [0.3, 0.4) is 0 Å². The van der Waals surface area contributed by atoms with Gasteiger partial charge in [-0.3, -0.25) is 9.59 Å². The first-order valence-corrected chi connectivity index (χ1v) is 17.4. The number of fused-ring (bicyclic) bond motifs is 3. The summed E-state index contributed by atoms with van der Waals surface area (Å²) in [6, 6.07) is 14.7. The minimum Gasteiger partial charge on any atom is -0.356 e. The molecule has 51 heavy (non-hydrogen) atoms. The number of carbonyl (C=O) groups excluding carboxylic acids is 2. The van der Waals surface area contributed by atoms with Crippen LogP contribution >= 0.6 is 11.3 Å². The summed E-state index contributed by atoms with van der Waals surface area (Å²) in [7, 11) is -0.919. The lowest BCUT2D eigenvalue weighted by Crippen LogP contribution is -2.39. The van der Waals surface area contributed by atoms with Crippen molar-refractivity contribution in [1.29, 1.82) is 0 Å². The van der Waals surface area contributed by atoms with Gasteiger partial charge in [-0.15, -0.1) is 11.3 Å². The smallest absolute Gasteiger partial charge is 0.356 e. The van der Waals surface area contributed by atoms with Gasteiger partial charge in [0.15, 0.2) is 23.0 Å². The summed E-state index contributed by atoms with van der Waals surface area (Å²) in [6.07, 6.45) is 6.25. The van der Waals surface area contributed by atoms with Crippen LogP contribution in [0.25, 0.3) is 27.7 Å². The SMILES string of the molecule is Cn1c2c(c3ccc(Nc4ccc(F)c(F)c4)nc31)C(=O)N(CCCNC(=O)CCC1=[N+](B(F)F)C(=Cc3ccc(-c4cccs4)[nH]3)C=C1)CC2. The number of benzene rings is 1. The third-order valence-corrected chi connectivity index (χ3v) is 9.93. The Hall–Kier alpha value is -5.44. The lowest BCUT2D eigenvalue weighted by atomic mass is 10.0. The molecule has 260 valence electrons. The van der Waals surface area contributed by atoms with Crippen molar-refractivity contribution >= 4 is 64.9 Å². The molecule has 0 bridgehead atoms. The Balaban J connectivity index is 0.918. The van der Waals surface area contributed by atoms with Crippen LogP contribution in [0, 0.1) is 11.6 Å². The maximum Gasteiger partial charge on any atom is 0.934 e. The molecule has 0 saturated carbocycles. The number of nitrogens with one attached hydrogen (secondary N) is 3. The molecule has 2 amide bonds. The molecule has 0 radical (unpaired) electrons. The number of halogens is 4. The van der Waals surface area contributed by atoms with E-state index in [0.29, 0.717) is 77.7 Å². The Morgan fingerprint density at radius 2 is 1.98 bits per heavy atom. The van der Waals surface area contributed by atoms with Gasteiger partial charge < -0.3 is 25.1 Å². The first kappa shape index (κ1) is 34.0. The van der Waals surface area contributed by atoms with Crippen LogP contribution < -0.4 is 10.6 Å². The number of amides is 2. The molecule has 3 N–H and O–H groups in total. The van der Waals surface area contributed by atoms with Crippen LogP contribution in [0.1, 0.15) is 41.0 Å². The van der Waals surface area contributed by atoms with E-state index in [1.807, 2.05) is 41.3 Å². The molecule has 6 heterocycles. The monoisotopic (exact) mass is 714 g/mol. The molecule has 7 rings (SSSR count). The number of hydrogen-bond donors (Lipinski definition) is 3. The normalized spacial score (nSPS) is 15.0. The molecule has 0 saturated heterocycles. The zero-order valence-electron chi connectivity index (χ0n) is 27.6. The van der Waals surface area contributed by atoms with Crippen LogP contribution in [-0.2, 0) is 18.3 Å². The zero-order chi connectivity index (χ0) is 35.6. The molecular formula is C36H33BF4N7O2S+. The van der Waals surface area contributed by atoms with Gasteiger partial charge in [0.2, 0.25) is 5.91 Å². The van der Waals surface area contributed by atoms with Crippen molar-refractivity contribution in [2.75, 3.05) is 25.0 Å². The van der Waals surface area contributed by atoms with Crippen LogP contribution in [0.5, 0.6) is 0 Å². The quantitative estimate of drug-likeness (QED) is 0.0743. The van der Waals surface area contributed by atoms with E-state index in [9.17, 15) is 27.0 Å². The fraction of sp³-hybridized carbons (Fsp3) is 0.222. The zero-order valence-corrected chi connectivity index (χ0v) is 28.4. The Morgan fingerprint density at radius 3 is 2.76 bits per heavy atom. The highest BCUT2D eigenvalue weighted by molar-refractivity contribution is 7.13. The first-order valence-electron chi connectivity index (χ1n) is 16.5. The number of thiophene rings is 1. The molecular weight excluding hydrogens is 681 g/mol. The van der Waals surface area contributed by atoms with Gasteiger partial charge in [-0.25, -0.2) is 26.9 Å². The lowest BCUT2D eigenvalue weighted by Gasteiger charge is -2.27. The van der Waals surface area contributed by atoms with E-state index in [1.54, 1.807) is 46.6 Å². The number of anilines is 2. The minimum absolute atomic E-state index is 0.0448. The minimum atomic E-state index is -2.76. The van der Waals surface area contributed by atoms with E-state index < -0.39 is 19.0 Å².